The summed E-state index contributed by atoms with van der Waals surface area (Å²) in [4.78, 5) is 3.89. The highest BCUT2D eigenvalue weighted by molar-refractivity contribution is 7.89. The van der Waals surface area contributed by atoms with Gasteiger partial charge in [0.1, 0.15) is 17.0 Å². The molecule has 1 atom stereocenters. The van der Waals surface area contributed by atoms with Crippen molar-refractivity contribution in [3.63, 3.8) is 0 Å². The van der Waals surface area contributed by atoms with Crippen LogP contribution in [0.2, 0.25) is 0 Å². The van der Waals surface area contributed by atoms with Gasteiger partial charge in [0.2, 0.25) is 10.0 Å². The lowest BCUT2D eigenvalue weighted by molar-refractivity contribution is -0.147. The number of aromatic nitrogens is 2. The Morgan fingerprint density at radius 1 is 1.27 bits per heavy atom. The molecule has 33 heavy (non-hydrogen) atoms. The molecule has 2 aromatic heterocycles. The van der Waals surface area contributed by atoms with Gasteiger partial charge in [-0.15, -0.1) is 0 Å². The molecule has 0 aliphatic heterocycles. The third kappa shape index (κ3) is 4.23. The average Bonchev–Trinajstić information content (AvgIpc) is 3.04. The van der Waals surface area contributed by atoms with Crippen LogP contribution in [-0.2, 0) is 16.4 Å². The van der Waals surface area contributed by atoms with E-state index < -0.39 is 22.2 Å². The first-order valence-corrected chi connectivity index (χ1v) is 12.2. The summed E-state index contributed by atoms with van der Waals surface area (Å²) in [6.45, 7) is 2.77. The number of alkyl halides is 3. The molecule has 1 saturated carbocycles. The van der Waals surface area contributed by atoms with E-state index in [9.17, 15) is 26.9 Å². The maximum atomic E-state index is 12.8. The normalized spacial score (nSPS) is 15.9. The minimum Gasteiger partial charge on any atom is -0.335 e. The van der Waals surface area contributed by atoms with Crippen LogP contribution in [0.4, 0.5) is 13.2 Å². The van der Waals surface area contributed by atoms with E-state index in [1.54, 1.807) is 4.72 Å². The number of rotatable bonds is 6. The molecule has 1 fully saturated rings. The quantitative estimate of drug-likeness (QED) is 0.537. The minimum atomic E-state index is -4.71. The number of pyridine rings is 1. The number of benzene rings is 1. The summed E-state index contributed by atoms with van der Waals surface area (Å²) < 4.78 is 66.9. The van der Waals surface area contributed by atoms with Crippen molar-refractivity contribution in [1.29, 1.82) is 5.26 Å². The fourth-order valence-corrected chi connectivity index (χ4v) is 5.19. The molecule has 10 heteroatoms. The van der Waals surface area contributed by atoms with Crippen LogP contribution in [0.3, 0.4) is 0 Å². The summed E-state index contributed by atoms with van der Waals surface area (Å²) >= 11 is 0. The van der Waals surface area contributed by atoms with Crippen molar-refractivity contribution in [1.82, 2.24) is 14.3 Å². The van der Waals surface area contributed by atoms with Gasteiger partial charge in [-0.25, -0.2) is 8.42 Å². The molecule has 0 spiro atoms. The molecule has 2 heterocycles. The average molecular weight is 477 g/mol. The van der Waals surface area contributed by atoms with E-state index in [4.69, 9.17) is 0 Å². The zero-order valence-electron chi connectivity index (χ0n) is 18.1. The summed E-state index contributed by atoms with van der Waals surface area (Å²) in [5.74, 6) is 0. The highest BCUT2D eigenvalue weighted by Gasteiger charge is 2.39. The Hall–Kier alpha value is -2.90. The number of sulfonamides is 1. The SMILES string of the molecule is CCc1ccc2c(c1)c(C#N)c(-c1ccc(S(=O)(=O)NC(C)C(F)(F)F)cn1)n2C1CCC1. The van der Waals surface area contributed by atoms with Gasteiger partial charge in [0, 0.05) is 17.6 Å². The molecule has 174 valence electrons. The number of fused-ring (bicyclic) bond motifs is 1. The van der Waals surface area contributed by atoms with Crippen LogP contribution in [0.5, 0.6) is 0 Å². The van der Waals surface area contributed by atoms with Crippen molar-refractivity contribution >= 4 is 20.9 Å². The van der Waals surface area contributed by atoms with Crippen molar-refractivity contribution < 1.29 is 21.6 Å². The zero-order chi connectivity index (χ0) is 24.0. The van der Waals surface area contributed by atoms with Crippen LogP contribution in [0.25, 0.3) is 22.3 Å². The summed E-state index contributed by atoms with van der Waals surface area (Å²) in [5.41, 5.74) is 3.47. The van der Waals surface area contributed by atoms with Crippen LogP contribution >= 0.6 is 0 Å². The van der Waals surface area contributed by atoms with Gasteiger partial charge in [-0.2, -0.15) is 23.2 Å². The fourth-order valence-electron chi connectivity index (χ4n) is 4.02. The van der Waals surface area contributed by atoms with Crippen molar-refractivity contribution in [3.8, 4) is 17.5 Å². The standard InChI is InChI=1S/C23H23F3N4O2S/c1-3-15-7-10-21-18(11-15)19(12-27)22(30(21)16-5-4-6-16)20-9-8-17(13-28-20)33(31,32)29-14(2)23(24,25)26/h7-11,13-14,16,29H,3-6H2,1-2H3. The van der Waals surface area contributed by atoms with E-state index in [2.05, 4.69) is 15.6 Å². The molecule has 0 bridgehead atoms. The van der Waals surface area contributed by atoms with Gasteiger partial charge in [-0.1, -0.05) is 13.0 Å². The number of hydrogen-bond acceptors (Lipinski definition) is 4. The number of halogens is 3. The highest BCUT2D eigenvalue weighted by Crippen LogP contribution is 2.42. The van der Waals surface area contributed by atoms with Crippen LogP contribution in [-0.4, -0.2) is 30.2 Å². The molecule has 6 nitrogen and oxygen atoms in total. The van der Waals surface area contributed by atoms with Gasteiger partial charge in [0.25, 0.3) is 0 Å². The van der Waals surface area contributed by atoms with E-state index in [-0.39, 0.29) is 10.9 Å². The Morgan fingerprint density at radius 3 is 2.52 bits per heavy atom. The summed E-state index contributed by atoms with van der Waals surface area (Å²) in [7, 11) is -4.42. The third-order valence-corrected chi connectivity index (χ3v) is 7.67. The number of nitrogens with zero attached hydrogens (tertiary/aromatic N) is 3. The summed E-state index contributed by atoms with van der Waals surface area (Å²) in [6.07, 6.45) is 0.141. The predicted molar refractivity (Wildman–Crippen MR) is 118 cm³/mol. The third-order valence-electron chi connectivity index (χ3n) is 6.14. The molecule has 1 unspecified atom stereocenters. The van der Waals surface area contributed by atoms with Crippen molar-refractivity contribution in [2.24, 2.45) is 0 Å². The van der Waals surface area contributed by atoms with Crippen LogP contribution in [0, 0.1) is 11.3 Å². The minimum absolute atomic E-state index is 0.205. The summed E-state index contributed by atoms with van der Waals surface area (Å²) in [6, 6.07) is 8.93. The van der Waals surface area contributed by atoms with Gasteiger partial charge >= 0.3 is 6.18 Å². The van der Waals surface area contributed by atoms with E-state index in [1.807, 2.05) is 25.1 Å². The Morgan fingerprint density at radius 2 is 2.00 bits per heavy atom. The monoisotopic (exact) mass is 476 g/mol. The largest absolute Gasteiger partial charge is 0.404 e. The number of nitriles is 1. The molecule has 1 aliphatic rings. The number of nitrogens with one attached hydrogen (secondary N) is 1. The van der Waals surface area contributed by atoms with E-state index in [0.717, 1.165) is 55.3 Å². The van der Waals surface area contributed by atoms with Gasteiger partial charge in [-0.3, -0.25) is 4.98 Å². The molecule has 4 rings (SSSR count). The lowest BCUT2D eigenvalue weighted by Gasteiger charge is -2.30. The second-order valence-corrected chi connectivity index (χ2v) is 9.97. The molecule has 1 aliphatic carbocycles. The Balaban J connectivity index is 1.80. The Bertz CT molecular complexity index is 1340. The van der Waals surface area contributed by atoms with Crippen LogP contribution in [0.15, 0.2) is 41.4 Å². The summed E-state index contributed by atoms with van der Waals surface area (Å²) in [5, 5.41) is 10.8. The van der Waals surface area contributed by atoms with Gasteiger partial charge in [-0.05, 0) is 62.4 Å². The van der Waals surface area contributed by atoms with E-state index in [0.29, 0.717) is 17.0 Å². The van der Waals surface area contributed by atoms with Crippen LogP contribution < -0.4 is 4.72 Å². The van der Waals surface area contributed by atoms with Crippen LogP contribution in [0.1, 0.15) is 50.3 Å². The highest BCUT2D eigenvalue weighted by atomic mass is 32.2. The molecular weight excluding hydrogens is 453 g/mol. The first-order chi connectivity index (χ1) is 15.6. The fraction of sp³-hybridized carbons (Fsp3) is 0.391. The van der Waals surface area contributed by atoms with Gasteiger partial charge in [0.15, 0.2) is 0 Å². The molecule has 3 aromatic rings. The molecular formula is C23H23F3N4O2S. The zero-order valence-corrected chi connectivity index (χ0v) is 19.0. The number of aryl methyl sites for hydroxylation is 1. The predicted octanol–water partition coefficient (Wildman–Crippen LogP) is 5.09. The molecule has 1 aromatic carbocycles. The van der Waals surface area contributed by atoms with E-state index in [1.165, 1.54) is 12.1 Å². The second-order valence-electron chi connectivity index (χ2n) is 8.26. The van der Waals surface area contributed by atoms with Crippen molar-refractivity contribution in [2.45, 2.75) is 62.7 Å². The Kier molecular flexibility index (Phi) is 5.97. The number of hydrogen-bond donors (Lipinski definition) is 1. The topological polar surface area (TPSA) is 87.8 Å². The van der Waals surface area contributed by atoms with Crippen molar-refractivity contribution in [3.05, 3.63) is 47.7 Å². The molecule has 0 saturated heterocycles. The lowest BCUT2D eigenvalue weighted by atomic mass is 9.92. The molecule has 1 N–H and O–H groups in total. The molecule has 0 amide bonds. The van der Waals surface area contributed by atoms with Gasteiger partial charge < -0.3 is 4.57 Å². The maximum absolute atomic E-state index is 12.8. The Labute approximate surface area is 190 Å². The first kappa shape index (κ1) is 23.3. The smallest absolute Gasteiger partial charge is 0.335 e. The maximum Gasteiger partial charge on any atom is 0.404 e. The lowest BCUT2D eigenvalue weighted by Crippen LogP contribution is -2.42. The van der Waals surface area contributed by atoms with Gasteiger partial charge in [0.05, 0.1) is 22.5 Å². The first-order valence-electron chi connectivity index (χ1n) is 10.7. The second kappa shape index (κ2) is 8.47. The van der Waals surface area contributed by atoms with E-state index >= 15 is 0 Å². The van der Waals surface area contributed by atoms with Crippen molar-refractivity contribution in [2.75, 3.05) is 0 Å². The molecule has 0 radical (unpaired) electrons.